The normalized spacial score (nSPS) is 24.1. The van der Waals surface area contributed by atoms with Crippen LogP contribution in [-0.2, 0) is 4.74 Å². The molecule has 2 atom stereocenters. The van der Waals surface area contributed by atoms with Crippen LogP contribution < -0.4 is 11.4 Å². The van der Waals surface area contributed by atoms with E-state index < -0.39 is 5.69 Å². The lowest BCUT2D eigenvalue weighted by Gasteiger charge is -2.13. The van der Waals surface area contributed by atoms with Crippen LogP contribution in [0.4, 0.5) is 5.82 Å². The third-order valence-electron chi connectivity index (χ3n) is 2.04. The second-order valence-corrected chi connectivity index (χ2v) is 4.27. The molecule has 0 saturated carbocycles. The highest BCUT2D eigenvalue weighted by molar-refractivity contribution is 8.00. The molecule has 0 aliphatic carbocycles. The molecule has 1 aromatic rings. The molecule has 0 amide bonds. The minimum Gasteiger partial charge on any atom is -0.412 e. The second kappa shape index (κ2) is 5.30. The summed E-state index contributed by atoms with van der Waals surface area (Å²) in [6.45, 7) is -0.0572. The van der Waals surface area contributed by atoms with Crippen LogP contribution in [0, 0.1) is 0 Å². The zero-order chi connectivity index (χ0) is 10.8. The lowest BCUT2D eigenvalue weighted by molar-refractivity contribution is -0.00629. The molecule has 0 bridgehead atoms. The molecule has 2 rings (SSSR count). The molecule has 5 N–H and O–H groups in total. The van der Waals surface area contributed by atoms with Gasteiger partial charge in [0.25, 0.3) is 0 Å². The SMILES string of the molecule is Nc1ccn([C@H]2CS[C@@H](CO)O2)c(=O)n1.O. The topological polar surface area (TPSA) is 122 Å². The number of thioether (sulfide) groups is 1. The maximum Gasteiger partial charge on any atom is 0.351 e. The summed E-state index contributed by atoms with van der Waals surface area (Å²) in [4.78, 5) is 15.0. The van der Waals surface area contributed by atoms with Crippen molar-refractivity contribution >= 4 is 17.6 Å². The molecule has 90 valence electrons. The first kappa shape index (κ1) is 13.0. The van der Waals surface area contributed by atoms with Crippen LogP contribution in [0.5, 0.6) is 0 Å². The largest absolute Gasteiger partial charge is 0.412 e. The summed E-state index contributed by atoms with van der Waals surface area (Å²) in [5.74, 6) is 0.817. The maximum atomic E-state index is 11.4. The highest BCUT2D eigenvalue weighted by atomic mass is 32.2. The molecule has 0 radical (unpaired) electrons. The number of anilines is 1. The summed E-state index contributed by atoms with van der Waals surface area (Å²) < 4.78 is 6.79. The van der Waals surface area contributed by atoms with Gasteiger partial charge in [-0.25, -0.2) is 4.79 Å². The number of aliphatic hydroxyl groups excluding tert-OH is 1. The molecule has 1 aliphatic rings. The van der Waals surface area contributed by atoms with Gasteiger partial charge < -0.3 is 21.1 Å². The first-order valence-electron chi connectivity index (χ1n) is 4.43. The van der Waals surface area contributed by atoms with Crippen molar-refractivity contribution < 1.29 is 15.3 Å². The van der Waals surface area contributed by atoms with Gasteiger partial charge >= 0.3 is 5.69 Å². The van der Waals surface area contributed by atoms with E-state index in [1.54, 1.807) is 12.3 Å². The van der Waals surface area contributed by atoms with Crippen molar-refractivity contribution in [3.63, 3.8) is 0 Å². The molecule has 0 unspecified atom stereocenters. The minimum atomic E-state index is -0.431. The van der Waals surface area contributed by atoms with Gasteiger partial charge in [0.1, 0.15) is 17.5 Å². The van der Waals surface area contributed by atoms with Crippen molar-refractivity contribution in [2.75, 3.05) is 18.1 Å². The average Bonchev–Trinajstić information content (AvgIpc) is 2.66. The number of nitrogens with zero attached hydrogens (tertiary/aromatic N) is 2. The predicted octanol–water partition coefficient (Wildman–Crippen LogP) is -1.42. The van der Waals surface area contributed by atoms with E-state index >= 15 is 0 Å². The Labute approximate surface area is 95.5 Å². The standard InChI is InChI=1S/C8H11N3O3S.H2O/c9-5-1-2-11(8(13)10-5)6-4-15-7(3-12)14-6;/h1-2,6-7,12H,3-4H2,(H2,9,10,13);1H2/t6-,7+;/m1./s1. The van der Waals surface area contributed by atoms with Crippen molar-refractivity contribution in [3.05, 3.63) is 22.7 Å². The van der Waals surface area contributed by atoms with Crippen LogP contribution in [0.3, 0.4) is 0 Å². The molecule has 7 nitrogen and oxygen atoms in total. The van der Waals surface area contributed by atoms with Gasteiger partial charge in [0.2, 0.25) is 0 Å². The van der Waals surface area contributed by atoms with Crippen LogP contribution in [0.15, 0.2) is 17.1 Å². The van der Waals surface area contributed by atoms with Crippen LogP contribution in [0.25, 0.3) is 0 Å². The Kier molecular flexibility index (Phi) is 4.30. The summed E-state index contributed by atoms with van der Waals surface area (Å²) in [7, 11) is 0. The van der Waals surface area contributed by atoms with E-state index in [1.165, 1.54) is 16.3 Å². The van der Waals surface area contributed by atoms with E-state index in [0.29, 0.717) is 5.75 Å². The Bertz CT molecular complexity index is 411. The third kappa shape index (κ3) is 2.53. The van der Waals surface area contributed by atoms with Crippen LogP contribution in [-0.4, -0.2) is 37.9 Å². The molecule has 16 heavy (non-hydrogen) atoms. The van der Waals surface area contributed by atoms with Gasteiger partial charge in [-0.2, -0.15) is 4.98 Å². The summed E-state index contributed by atoms with van der Waals surface area (Å²) in [6, 6.07) is 1.54. The third-order valence-corrected chi connectivity index (χ3v) is 3.15. The van der Waals surface area contributed by atoms with Gasteiger partial charge in [0, 0.05) is 11.9 Å². The molecule has 0 spiro atoms. The number of ether oxygens (including phenoxy) is 1. The molecule has 0 aromatic carbocycles. The van der Waals surface area contributed by atoms with Crippen LogP contribution >= 0.6 is 11.8 Å². The van der Waals surface area contributed by atoms with E-state index in [4.69, 9.17) is 15.6 Å². The first-order chi connectivity index (χ1) is 7.20. The highest BCUT2D eigenvalue weighted by Crippen LogP contribution is 2.30. The van der Waals surface area contributed by atoms with Crippen molar-refractivity contribution in [1.29, 1.82) is 0 Å². The van der Waals surface area contributed by atoms with Gasteiger partial charge in [0.15, 0.2) is 0 Å². The Morgan fingerprint density at radius 3 is 3.06 bits per heavy atom. The molecule has 1 saturated heterocycles. The molecule has 1 aliphatic heterocycles. The number of rotatable bonds is 2. The highest BCUT2D eigenvalue weighted by Gasteiger charge is 2.27. The van der Waals surface area contributed by atoms with Gasteiger partial charge in [-0.15, -0.1) is 11.8 Å². The molecule has 8 heteroatoms. The van der Waals surface area contributed by atoms with Gasteiger partial charge in [-0.05, 0) is 6.07 Å². The molecule has 2 heterocycles. The molecular weight excluding hydrogens is 234 g/mol. The van der Waals surface area contributed by atoms with E-state index in [9.17, 15) is 4.79 Å². The summed E-state index contributed by atoms with van der Waals surface area (Å²) in [6.07, 6.45) is 1.18. The minimum absolute atomic E-state index is 0. The first-order valence-corrected chi connectivity index (χ1v) is 5.48. The number of nitrogen functional groups attached to an aromatic ring is 1. The maximum absolute atomic E-state index is 11.4. The number of aliphatic hydroxyl groups is 1. The number of aromatic nitrogens is 2. The lowest BCUT2D eigenvalue weighted by atomic mass is 10.5. The fourth-order valence-corrected chi connectivity index (χ4v) is 2.26. The van der Waals surface area contributed by atoms with E-state index in [1.807, 2.05) is 0 Å². The van der Waals surface area contributed by atoms with Gasteiger partial charge in [0.05, 0.1) is 6.61 Å². The fourth-order valence-electron chi connectivity index (χ4n) is 1.33. The summed E-state index contributed by atoms with van der Waals surface area (Å²) in [5.41, 5.74) is 4.67. The van der Waals surface area contributed by atoms with Crippen LogP contribution in [0.2, 0.25) is 0 Å². The van der Waals surface area contributed by atoms with Crippen molar-refractivity contribution in [2.24, 2.45) is 0 Å². The van der Waals surface area contributed by atoms with Crippen molar-refractivity contribution in [1.82, 2.24) is 9.55 Å². The zero-order valence-electron chi connectivity index (χ0n) is 8.37. The quantitative estimate of drug-likeness (QED) is 0.661. The predicted molar refractivity (Wildman–Crippen MR) is 60.0 cm³/mol. The lowest BCUT2D eigenvalue weighted by Crippen LogP contribution is -2.28. The molecular formula is C8H13N3O4S. The van der Waals surface area contributed by atoms with E-state index in [-0.39, 0.29) is 29.6 Å². The van der Waals surface area contributed by atoms with Crippen LogP contribution in [0.1, 0.15) is 6.23 Å². The monoisotopic (exact) mass is 247 g/mol. The Balaban J connectivity index is 0.00000128. The Morgan fingerprint density at radius 1 is 1.75 bits per heavy atom. The zero-order valence-corrected chi connectivity index (χ0v) is 9.18. The fraction of sp³-hybridized carbons (Fsp3) is 0.500. The molecule has 1 aromatic heterocycles. The van der Waals surface area contributed by atoms with E-state index in [0.717, 1.165) is 0 Å². The van der Waals surface area contributed by atoms with Crippen molar-refractivity contribution in [2.45, 2.75) is 11.7 Å². The Morgan fingerprint density at radius 2 is 2.50 bits per heavy atom. The number of nitrogens with two attached hydrogens (primary N) is 1. The second-order valence-electron chi connectivity index (χ2n) is 3.08. The summed E-state index contributed by atoms with van der Waals surface area (Å²) >= 11 is 1.47. The van der Waals surface area contributed by atoms with Crippen molar-refractivity contribution in [3.8, 4) is 0 Å². The number of hydrogen-bond acceptors (Lipinski definition) is 6. The molecule has 1 fully saturated rings. The van der Waals surface area contributed by atoms with Gasteiger partial charge in [-0.1, -0.05) is 0 Å². The average molecular weight is 247 g/mol. The van der Waals surface area contributed by atoms with Gasteiger partial charge in [-0.3, -0.25) is 4.57 Å². The Hall–Kier alpha value is -1.09. The van der Waals surface area contributed by atoms with E-state index in [2.05, 4.69) is 4.98 Å². The smallest absolute Gasteiger partial charge is 0.351 e. The summed E-state index contributed by atoms with van der Waals surface area (Å²) in [5, 5.41) is 8.88. The number of hydrogen-bond donors (Lipinski definition) is 2.